The highest BCUT2D eigenvalue weighted by atomic mass is 16.5. The lowest BCUT2D eigenvalue weighted by molar-refractivity contribution is -0.124. The zero-order valence-corrected chi connectivity index (χ0v) is 14.4. The summed E-state index contributed by atoms with van der Waals surface area (Å²) in [4.78, 5) is 37.6. The van der Waals surface area contributed by atoms with E-state index < -0.39 is 5.97 Å². The maximum atomic E-state index is 11.9. The van der Waals surface area contributed by atoms with Crippen LogP contribution in [0.2, 0.25) is 0 Å². The second-order valence-electron chi connectivity index (χ2n) is 5.93. The second-order valence-corrected chi connectivity index (χ2v) is 5.93. The normalized spacial score (nSPS) is 11.6. The summed E-state index contributed by atoms with van der Waals surface area (Å²) in [5.41, 5.74) is 1.75. The summed E-state index contributed by atoms with van der Waals surface area (Å²) in [6, 6.07) is 11.4. The van der Waals surface area contributed by atoms with Crippen molar-refractivity contribution in [3.8, 4) is 0 Å². The smallest absolute Gasteiger partial charge is 0.355 e. The predicted molar refractivity (Wildman–Crippen MR) is 93.4 cm³/mol. The van der Waals surface area contributed by atoms with Gasteiger partial charge in [-0.2, -0.15) is 0 Å². The Hall–Kier alpha value is -2.89. The third kappa shape index (κ3) is 5.91. The summed E-state index contributed by atoms with van der Waals surface area (Å²) in [5, 5.41) is 2.80. The molecule has 132 valence electrons. The fraction of sp³-hybridized carbons (Fsp3) is 0.316. The number of benzene rings is 1. The molecule has 2 rings (SSSR count). The Balaban J connectivity index is 1.72. The number of Topliss-reactive ketones (excluding diaryl/α,β-unsaturated/α-hetero) is 1. The molecule has 0 saturated heterocycles. The van der Waals surface area contributed by atoms with E-state index in [1.807, 2.05) is 37.3 Å². The topological polar surface area (TPSA) is 88.3 Å². The molecule has 0 saturated carbocycles. The monoisotopic (exact) mass is 342 g/mol. The largest absolute Gasteiger partial charge is 0.451 e. The molecule has 0 aliphatic heterocycles. The Kier molecular flexibility index (Phi) is 6.51. The van der Waals surface area contributed by atoms with Gasteiger partial charge in [-0.25, -0.2) is 4.79 Å². The number of esters is 1. The number of hydrogen-bond acceptors (Lipinski definition) is 4. The lowest BCUT2D eigenvalue weighted by Crippen LogP contribution is -2.36. The van der Waals surface area contributed by atoms with Gasteiger partial charge in [-0.15, -0.1) is 0 Å². The number of ether oxygens (including phenoxy) is 1. The molecule has 1 heterocycles. The number of carbonyl (C=O) groups is 3. The highest BCUT2D eigenvalue weighted by Crippen LogP contribution is 2.06. The molecule has 2 aromatic rings. The molecule has 0 fully saturated rings. The minimum Gasteiger partial charge on any atom is -0.451 e. The number of aromatic amines is 1. The van der Waals surface area contributed by atoms with Crippen molar-refractivity contribution in [3.05, 3.63) is 59.4 Å². The first-order chi connectivity index (χ1) is 12.0. The van der Waals surface area contributed by atoms with Crippen molar-refractivity contribution in [3.63, 3.8) is 0 Å². The molecule has 0 bridgehead atoms. The average Bonchev–Trinajstić information content (AvgIpc) is 3.09. The van der Waals surface area contributed by atoms with Crippen LogP contribution in [0.5, 0.6) is 0 Å². The Labute approximate surface area is 146 Å². The number of amides is 1. The van der Waals surface area contributed by atoms with Gasteiger partial charge >= 0.3 is 5.97 Å². The van der Waals surface area contributed by atoms with Crippen LogP contribution in [0, 0.1) is 0 Å². The van der Waals surface area contributed by atoms with Crippen molar-refractivity contribution < 1.29 is 19.1 Å². The minimum absolute atomic E-state index is 0.0267. The summed E-state index contributed by atoms with van der Waals surface area (Å²) >= 11 is 0. The zero-order valence-electron chi connectivity index (χ0n) is 14.4. The van der Waals surface area contributed by atoms with Gasteiger partial charge in [0.2, 0.25) is 0 Å². The van der Waals surface area contributed by atoms with Crippen LogP contribution in [0.3, 0.4) is 0 Å². The maximum absolute atomic E-state index is 11.9. The van der Waals surface area contributed by atoms with Crippen molar-refractivity contribution in [2.45, 2.75) is 32.7 Å². The van der Waals surface area contributed by atoms with Gasteiger partial charge in [0, 0.05) is 17.8 Å². The summed E-state index contributed by atoms with van der Waals surface area (Å²) in [6.07, 6.45) is 3.09. The summed E-state index contributed by atoms with van der Waals surface area (Å²) in [6.45, 7) is 2.96. The summed E-state index contributed by atoms with van der Waals surface area (Å²) in [5.74, 6) is -1.17. The lowest BCUT2D eigenvalue weighted by atomic mass is 10.1. The van der Waals surface area contributed by atoms with Crippen molar-refractivity contribution >= 4 is 17.7 Å². The SMILES string of the molecule is CC(=O)c1c[nH]c(C(=O)OCC(=O)N[C@@H](C)CCc2ccccc2)c1. The van der Waals surface area contributed by atoms with Crippen LogP contribution in [0.4, 0.5) is 0 Å². The van der Waals surface area contributed by atoms with Gasteiger partial charge in [-0.05, 0) is 38.3 Å². The maximum Gasteiger partial charge on any atom is 0.355 e. The lowest BCUT2D eigenvalue weighted by Gasteiger charge is -2.13. The molecule has 1 aromatic heterocycles. The van der Waals surface area contributed by atoms with E-state index in [0.717, 1.165) is 12.8 Å². The van der Waals surface area contributed by atoms with Crippen LogP contribution in [-0.4, -0.2) is 35.3 Å². The molecular formula is C19H22N2O4. The number of rotatable bonds is 8. The first kappa shape index (κ1) is 18.4. The van der Waals surface area contributed by atoms with E-state index in [9.17, 15) is 14.4 Å². The zero-order chi connectivity index (χ0) is 18.2. The highest BCUT2D eigenvalue weighted by Gasteiger charge is 2.14. The van der Waals surface area contributed by atoms with Gasteiger partial charge in [0.15, 0.2) is 12.4 Å². The number of H-pyrrole nitrogens is 1. The number of aromatic nitrogens is 1. The van der Waals surface area contributed by atoms with Gasteiger partial charge in [0.1, 0.15) is 5.69 Å². The second kappa shape index (κ2) is 8.82. The van der Waals surface area contributed by atoms with E-state index in [2.05, 4.69) is 10.3 Å². The fourth-order valence-corrected chi connectivity index (χ4v) is 2.34. The molecule has 1 amide bonds. The Morgan fingerprint density at radius 2 is 1.92 bits per heavy atom. The molecule has 0 unspecified atom stereocenters. The average molecular weight is 342 g/mol. The molecule has 0 radical (unpaired) electrons. The molecule has 1 atom stereocenters. The molecule has 0 spiro atoms. The minimum atomic E-state index is -0.667. The van der Waals surface area contributed by atoms with E-state index in [0.29, 0.717) is 5.56 Å². The van der Waals surface area contributed by atoms with Crippen LogP contribution in [-0.2, 0) is 16.0 Å². The van der Waals surface area contributed by atoms with Gasteiger partial charge in [-0.1, -0.05) is 30.3 Å². The quantitative estimate of drug-likeness (QED) is 0.570. The Bertz CT molecular complexity index is 737. The van der Waals surface area contributed by atoms with Crippen LogP contribution in [0.1, 0.15) is 46.7 Å². The predicted octanol–water partition coefficient (Wildman–Crippen LogP) is 2.51. The first-order valence-corrected chi connectivity index (χ1v) is 8.15. The van der Waals surface area contributed by atoms with Gasteiger partial charge in [-0.3, -0.25) is 9.59 Å². The van der Waals surface area contributed by atoms with Crippen molar-refractivity contribution in [2.75, 3.05) is 6.61 Å². The molecule has 1 aromatic carbocycles. The van der Waals surface area contributed by atoms with E-state index in [1.54, 1.807) is 0 Å². The van der Waals surface area contributed by atoms with Crippen LogP contribution < -0.4 is 5.32 Å². The van der Waals surface area contributed by atoms with E-state index >= 15 is 0 Å². The third-order valence-corrected chi connectivity index (χ3v) is 3.76. The van der Waals surface area contributed by atoms with Gasteiger partial charge in [0.05, 0.1) is 0 Å². The molecule has 0 aliphatic rings. The number of aryl methyl sites for hydroxylation is 1. The molecular weight excluding hydrogens is 320 g/mol. The molecule has 25 heavy (non-hydrogen) atoms. The van der Waals surface area contributed by atoms with E-state index in [1.165, 1.54) is 24.8 Å². The highest BCUT2D eigenvalue weighted by molar-refractivity contribution is 5.97. The van der Waals surface area contributed by atoms with E-state index in [4.69, 9.17) is 4.74 Å². The molecule has 6 nitrogen and oxygen atoms in total. The number of ketones is 1. The Morgan fingerprint density at radius 1 is 1.20 bits per heavy atom. The summed E-state index contributed by atoms with van der Waals surface area (Å²) < 4.78 is 4.95. The van der Waals surface area contributed by atoms with Crippen LogP contribution in [0.25, 0.3) is 0 Å². The van der Waals surface area contributed by atoms with Crippen LogP contribution in [0.15, 0.2) is 42.6 Å². The van der Waals surface area contributed by atoms with Crippen molar-refractivity contribution in [1.29, 1.82) is 0 Å². The van der Waals surface area contributed by atoms with Crippen LogP contribution >= 0.6 is 0 Å². The fourth-order valence-electron chi connectivity index (χ4n) is 2.34. The molecule has 0 aliphatic carbocycles. The van der Waals surface area contributed by atoms with E-state index in [-0.39, 0.29) is 30.0 Å². The summed E-state index contributed by atoms with van der Waals surface area (Å²) in [7, 11) is 0. The number of hydrogen-bond donors (Lipinski definition) is 2. The number of nitrogens with one attached hydrogen (secondary N) is 2. The number of carbonyl (C=O) groups excluding carboxylic acids is 3. The molecule has 6 heteroatoms. The van der Waals surface area contributed by atoms with Gasteiger partial charge in [0.25, 0.3) is 5.91 Å². The molecule has 2 N–H and O–H groups in total. The third-order valence-electron chi connectivity index (χ3n) is 3.76. The van der Waals surface area contributed by atoms with Gasteiger partial charge < -0.3 is 15.0 Å². The van der Waals surface area contributed by atoms with Crippen molar-refractivity contribution in [1.82, 2.24) is 10.3 Å². The standard InChI is InChI=1S/C19H22N2O4/c1-13(8-9-15-6-4-3-5-7-15)21-18(23)12-25-19(24)17-10-16(11-20-17)14(2)22/h3-7,10-11,13,20H,8-9,12H2,1-2H3,(H,21,23)/t13-/m0/s1. The Morgan fingerprint density at radius 3 is 2.56 bits per heavy atom. The first-order valence-electron chi connectivity index (χ1n) is 8.15. The van der Waals surface area contributed by atoms with Crippen molar-refractivity contribution in [2.24, 2.45) is 0 Å².